The van der Waals surface area contributed by atoms with Crippen molar-refractivity contribution >= 4 is 12.2 Å². The van der Waals surface area contributed by atoms with E-state index in [9.17, 15) is 26.3 Å². The molecule has 0 radical (unpaired) electrons. The molecule has 2 rings (SSSR count). The maximum Gasteiger partial charge on any atom is 0.416 e. The minimum atomic E-state index is -4.84. The Labute approximate surface area is 129 Å². The number of alkyl halides is 6. The highest BCUT2D eigenvalue weighted by atomic mass is 19.4. The fourth-order valence-electron chi connectivity index (χ4n) is 2.04. The molecule has 6 heteroatoms. The summed E-state index contributed by atoms with van der Waals surface area (Å²) in [5.41, 5.74) is -1.18. The van der Waals surface area contributed by atoms with Crippen molar-refractivity contribution in [1.29, 1.82) is 0 Å². The van der Waals surface area contributed by atoms with Crippen LogP contribution < -0.4 is 0 Å². The lowest BCUT2D eigenvalue weighted by Gasteiger charge is -2.12. The maximum absolute atomic E-state index is 12.8. The van der Waals surface area contributed by atoms with Gasteiger partial charge >= 0.3 is 12.4 Å². The molecule has 0 saturated heterocycles. The van der Waals surface area contributed by atoms with Crippen molar-refractivity contribution in [3.63, 3.8) is 0 Å². The first-order chi connectivity index (χ1) is 10.6. The normalized spacial score (nSPS) is 12.8. The quantitative estimate of drug-likeness (QED) is 0.454. The Hall–Kier alpha value is -2.24. The Morgan fingerprint density at radius 1 is 0.696 bits per heavy atom. The van der Waals surface area contributed by atoms with E-state index in [1.54, 1.807) is 18.2 Å². The lowest BCUT2D eigenvalue weighted by molar-refractivity contribution is -0.143. The molecule has 0 saturated carbocycles. The molecule has 0 bridgehead atoms. The largest absolute Gasteiger partial charge is 0.416 e. The molecule has 0 aliphatic rings. The van der Waals surface area contributed by atoms with Gasteiger partial charge in [-0.3, -0.25) is 0 Å². The van der Waals surface area contributed by atoms with Crippen molar-refractivity contribution in [3.8, 4) is 0 Å². The number of halogens is 6. The van der Waals surface area contributed by atoms with E-state index in [1.807, 2.05) is 13.0 Å². The van der Waals surface area contributed by atoms with Crippen LogP contribution in [0.5, 0.6) is 0 Å². The van der Waals surface area contributed by atoms with E-state index in [0.29, 0.717) is 17.7 Å². The van der Waals surface area contributed by atoms with Crippen molar-refractivity contribution in [1.82, 2.24) is 0 Å². The highest BCUT2D eigenvalue weighted by Gasteiger charge is 2.36. The Balaban J connectivity index is 2.45. The molecule has 0 unspecified atom stereocenters. The van der Waals surface area contributed by atoms with Gasteiger partial charge in [0.1, 0.15) is 0 Å². The van der Waals surface area contributed by atoms with Crippen LogP contribution in [-0.4, -0.2) is 0 Å². The SMILES string of the molecule is Cc1cccc(/C=C/c2cc(C(F)(F)F)cc(C(F)(F)F)c2)c1. The zero-order chi connectivity index (χ0) is 17.3. The van der Waals surface area contributed by atoms with Gasteiger partial charge in [0.25, 0.3) is 0 Å². The van der Waals surface area contributed by atoms with E-state index in [-0.39, 0.29) is 11.6 Å². The average molecular weight is 330 g/mol. The van der Waals surface area contributed by atoms with Crippen LogP contribution in [0.3, 0.4) is 0 Å². The summed E-state index contributed by atoms with van der Waals surface area (Å²) in [5, 5.41) is 0. The van der Waals surface area contributed by atoms with Gasteiger partial charge in [0.15, 0.2) is 0 Å². The van der Waals surface area contributed by atoms with Gasteiger partial charge in [-0.1, -0.05) is 42.0 Å². The van der Waals surface area contributed by atoms with Crippen molar-refractivity contribution in [3.05, 3.63) is 70.3 Å². The molecular formula is C17H12F6. The molecular weight excluding hydrogens is 318 g/mol. The molecule has 122 valence electrons. The smallest absolute Gasteiger partial charge is 0.166 e. The number of benzene rings is 2. The average Bonchev–Trinajstić information content (AvgIpc) is 2.43. The highest BCUT2D eigenvalue weighted by molar-refractivity contribution is 5.70. The Morgan fingerprint density at radius 3 is 1.70 bits per heavy atom. The lowest BCUT2D eigenvalue weighted by Crippen LogP contribution is -2.11. The molecule has 2 aromatic rings. The van der Waals surface area contributed by atoms with Crippen LogP contribution >= 0.6 is 0 Å². The van der Waals surface area contributed by atoms with E-state index in [2.05, 4.69) is 0 Å². The summed E-state index contributed by atoms with van der Waals surface area (Å²) in [5.74, 6) is 0. The number of hydrogen-bond acceptors (Lipinski definition) is 0. The fourth-order valence-corrected chi connectivity index (χ4v) is 2.04. The van der Waals surface area contributed by atoms with Gasteiger partial charge in [-0.25, -0.2) is 0 Å². The minimum absolute atomic E-state index is 0.115. The lowest BCUT2D eigenvalue weighted by atomic mass is 10.0. The molecule has 0 heterocycles. The number of rotatable bonds is 2. The molecule has 23 heavy (non-hydrogen) atoms. The van der Waals surface area contributed by atoms with Crippen molar-refractivity contribution < 1.29 is 26.3 Å². The van der Waals surface area contributed by atoms with Gasteiger partial charge in [-0.2, -0.15) is 26.3 Å². The minimum Gasteiger partial charge on any atom is -0.166 e. The Kier molecular flexibility index (Phi) is 4.54. The summed E-state index contributed by atoms with van der Waals surface area (Å²) in [4.78, 5) is 0. The highest BCUT2D eigenvalue weighted by Crippen LogP contribution is 2.36. The Bertz CT molecular complexity index is 690. The standard InChI is InChI=1S/C17H12F6/c1-11-3-2-4-12(7-11)5-6-13-8-14(16(18,19)20)10-15(9-13)17(21,22)23/h2-10H,1H3/b6-5+. The molecule has 0 amide bonds. The Morgan fingerprint density at radius 2 is 1.22 bits per heavy atom. The van der Waals surface area contributed by atoms with E-state index in [0.717, 1.165) is 5.56 Å². The van der Waals surface area contributed by atoms with E-state index in [4.69, 9.17) is 0 Å². The summed E-state index contributed by atoms with van der Waals surface area (Å²) in [6.07, 6.45) is -6.97. The van der Waals surface area contributed by atoms with Crippen LogP contribution in [0.15, 0.2) is 42.5 Å². The second-order valence-electron chi connectivity index (χ2n) is 5.09. The van der Waals surface area contributed by atoms with Crippen LogP contribution in [-0.2, 0) is 12.4 Å². The third kappa shape index (κ3) is 4.61. The summed E-state index contributed by atoms with van der Waals surface area (Å²) in [6.45, 7) is 1.84. The third-order valence-electron chi connectivity index (χ3n) is 3.12. The van der Waals surface area contributed by atoms with Crippen LogP contribution in [0, 0.1) is 6.92 Å². The summed E-state index contributed by atoms with van der Waals surface area (Å²) in [6, 6.07) is 8.58. The summed E-state index contributed by atoms with van der Waals surface area (Å²) < 4.78 is 76.6. The van der Waals surface area contributed by atoms with Crippen molar-refractivity contribution in [2.75, 3.05) is 0 Å². The van der Waals surface area contributed by atoms with Crippen LogP contribution in [0.4, 0.5) is 26.3 Å². The van der Waals surface area contributed by atoms with E-state index in [1.165, 1.54) is 12.2 Å². The first kappa shape index (κ1) is 17.1. The third-order valence-corrected chi connectivity index (χ3v) is 3.12. The predicted molar refractivity (Wildman–Crippen MR) is 76.6 cm³/mol. The number of hydrogen-bond donors (Lipinski definition) is 0. The van der Waals surface area contributed by atoms with Crippen molar-refractivity contribution in [2.45, 2.75) is 19.3 Å². The molecule has 0 fully saturated rings. The van der Waals surface area contributed by atoms with E-state index < -0.39 is 23.5 Å². The first-order valence-electron chi connectivity index (χ1n) is 6.60. The molecule has 0 aromatic heterocycles. The van der Waals surface area contributed by atoms with Gasteiger partial charge in [0.05, 0.1) is 11.1 Å². The van der Waals surface area contributed by atoms with Gasteiger partial charge in [-0.05, 0) is 36.2 Å². The molecule has 0 aliphatic carbocycles. The maximum atomic E-state index is 12.8. The molecule has 0 atom stereocenters. The zero-order valence-electron chi connectivity index (χ0n) is 12.0. The van der Waals surface area contributed by atoms with Crippen LogP contribution in [0.25, 0.3) is 12.2 Å². The second-order valence-corrected chi connectivity index (χ2v) is 5.09. The van der Waals surface area contributed by atoms with Gasteiger partial charge in [0, 0.05) is 0 Å². The second kappa shape index (κ2) is 6.10. The van der Waals surface area contributed by atoms with Gasteiger partial charge < -0.3 is 0 Å². The van der Waals surface area contributed by atoms with Crippen molar-refractivity contribution in [2.24, 2.45) is 0 Å². The predicted octanol–water partition coefficient (Wildman–Crippen LogP) is 6.20. The summed E-state index contributed by atoms with van der Waals surface area (Å²) in [7, 11) is 0. The van der Waals surface area contributed by atoms with E-state index >= 15 is 0 Å². The first-order valence-corrected chi connectivity index (χ1v) is 6.60. The monoisotopic (exact) mass is 330 g/mol. The van der Waals surface area contributed by atoms with Crippen LogP contribution in [0.1, 0.15) is 27.8 Å². The molecule has 0 N–H and O–H groups in total. The zero-order valence-corrected chi connectivity index (χ0v) is 12.0. The molecule has 0 spiro atoms. The van der Waals surface area contributed by atoms with Gasteiger partial charge in [-0.15, -0.1) is 0 Å². The topological polar surface area (TPSA) is 0 Å². The fraction of sp³-hybridized carbons (Fsp3) is 0.176. The molecule has 0 nitrogen and oxygen atoms in total. The molecule has 2 aromatic carbocycles. The summed E-state index contributed by atoms with van der Waals surface area (Å²) >= 11 is 0. The number of aryl methyl sites for hydroxylation is 1. The van der Waals surface area contributed by atoms with Crippen LogP contribution in [0.2, 0.25) is 0 Å². The van der Waals surface area contributed by atoms with Gasteiger partial charge in [0.2, 0.25) is 0 Å². The molecule has 0 aliphatic heterocycles.